The summed E-state index contributed by atoms with van der Waals surface area (Å²) in [5.74, 6) is -0.769. The van der Waals surface area contributed by atoms with Crippen molar-refractivity contribution in [3.05, 3.63) is 0 Å². The van der Waals surface area contributed by atoms with Gasteiger partial charge in [-0.3, -0.25) is 4.79 Å². The van der Waals surface area contributed by atoms with E-state index in [1.807, 2.05) is 0 Å². The van der Waals surface area contributed by atoms with Crippen LogP contribution >= 0.6 is 0 Å². The summed E-state index contributed by atoms with van der Waals surface area (Å²) in [5, 5.41) is -1.86. The van der Waals surface area contributed by atoms with Crippen LogP contribution in [0.1, 0.15) is 48.0 Å². The number of rotatable bonds is 4. The van der Waals surface area contributed by atoms with Gasteiger partial charge in [-0.25, -0.2) is 13.2 Å². The number of hydrogen-bond donors (Lipinski definition) is 0. The van der Waals surface area contributed by atoms with Gasteiger partial charge in [0.05, 0.1) is 11.8 Å². The van der Waals surface area contributed by atoms with Gasteiger partial charge in [0.25, 0.3) is 0 Å². The van der Waals surface area contributed by atoms with E-state index in [0.717, 1.165) is 0 Å². The Labute approximate surface area is 138 Å². The van der Waals surface area contributed by atoms with Gasteiger partial charge in [0.2, 0.25) is 0 Å². The highest BCUT2D eigenvalue weighted by Gasteiger charge is 2.36. The zero-order valence-electron chi connectivity index (χ0n) is 14.7. The normalized spacial score (nSPS) is 20.5. The highest BCUT2D eigenvalue weighted by atomic mass is 32.2. The molecule has 23 heavy (non-hydrogen) atoms. The van der Waals surface area contributed by atoms with Crippen LogP contribution < -0.4 is 0 Å². The summed E-state index contributed by atoms with van der Waals surface area (Å²) < 4.78 is 34.5. The van der Waals surface area contributed by atoms with Crippen LogP contribution in [0.2, 0.25) is 0 Å². The molecule has 0 unspecified atom stereocenters. The van der Waals surface area contributed by atoms with Crippen molar-refractivity contribution in [3.8, 4) is 0 Å². The molecule has 1 amide bonds. The van der Waals surface area contributed by atoms with Crippen LogP contribution in [0, 0.1) is 0 Å². The number of likely N-dealkylation sites (tertiary alicyclic amines) is 1. The molecule has 1 saturated heterocycles. The molecule has 0 aromatic heterocycles. The molecule has 2 atom stereocenters. The Bertz CT molecular complexity index is 549. The molecule has 0 aromatic carbocycles. The summed E-state index contributed by atoms with van der Waals surface area (Å²) in [4.78, 5) is 25.4. The van der Waals surface area contributed by atoms with Crippen molar-refractivity contribution in [2.75, 3.05) is 13.1 Å². The molecule has 7 nitrogen and oxygen atoms in total. The van der Waals surface area contributed by atoms with Crippen molar-refractivity contribution < 1.29 is 27.5 Å². The first-order valence-electron chi connectivity index (χ1n) is 7.75. The average Bonchev–Trinajstić information content (AvgIpc) is 2.84. The molecule has 0 bridgehead atoms. The van der Waals surface area contributed by atoms with E-state index >= 15 is 0 Å². The predicted molar refractivity (Wildman–Crippen MR) is 85.8 cm³/mol. The number of sulfone groups is 1. The number of carbonyl (C=O) groups excluding carboxylic acids is 2. The van der Waals surface area contributed by atoms with Crippen LogP contribution in [-0.2, 0) is 24.1 Å². The van der Waals surface area contributed by atoms with Gasteiger partial charge in [-0.15, -0.1) is 0 Å². The number of nitrogens with zero attached hydrogens (tertiary/aromatic N) is 1. The van der Waals surface area contributed by atoms with Gasteiger partial charge in [-0.05, 0) is 41.5 Å². The lowest BCUT2D eigenvalue weighted by Crippen LogP contribution is -2.38. The smallest absolute Gasteiger partial charge is 0.410 e. The van der Waals surface area contributed by atoms with Crippen molar-refractivity contribution in [2.24, 2.45) is 0 Å². The van der Waals surface area contributed by atoms with Gasteiger partial charge in [-0.1, -0.05) is 0 Å². The molecular weight excluding hydrogens is 322 g/mol. The summed E-state index contributed by atoms with van der Waals surface area (Å²) in [6, 6.07) is 0. The highest BCUT2D eigenvalue weighted by Crippen LogP contribution is 2.19. The first-order valence-corrected chi connectivity index (χ1v) is 9.36. The fourth-order valence-corrected chi connectivity index (χ4v) is 3.26. The van der Waals surface area contributed by atoms with E-state index in [-0.39, 0.29) is 6.54 Å². The van der Waals surface area contributed by atoms with Gasteiger partial charge in [0.1, 0.15) is 11.7 Å². The van der Waals surface area contributed by atoms with Gasteiger partial charge in [-0.2, -0.15) is 0 Å². The summed E-state index contributed by atoms with van der Waals surface area (Å²) >= 11 is 0. The van der Waals surface area contributed by atoms with E-state index in [9.17, 15) is 18.0 Å². The molecule has 1 heterocycles. The monoisotopic (exact) mass is 349 g/mol. The number of ether oxygens (including phenoxy) is 2. The summed E-state index contributed by atoms with van der Waals surface area (Å²) in [6.07, 6.45) is -0.488. The second-order valence-electron chi connectivity index (χ2n) is 7.05. The van der Waals surface area contributed by atoms with Crippen LogP contribution in [0.4, 0.5) is 4.79 Å². The maximum atomic E-state index is 12.0. The van der Waals surface area contributed by atoms with Crippen LogP contribution in [0.3, 0.4) is 0 Å². The fourth-order valence-electron chi connectivity index (χ4n) is 2.12. The van der Waals surface area contributed by atoms with E-state index in [2.05, 4.69) is 0 Å². The van der Waals surface area contributed by atoms with Gasteiger partial charge in [0.15, 0.2) is 15.1 Å². The first-order chi connectivity index (χ1) is 10.3. The second kappa shape index (κ2) is 7.07. The van der Waals surface area contributed by atoms with Crippen molar-refractivity contribution in [2.45, 2.75) is 70.2 Å². The molecule has 0 spiro atoms. The second-order valence-corrected chi connectivity index (χ2v) is 9.88. The van der Waals surface area contributed by atoms with E-state index in [1.54, 1.807) is 20.8 Å². The fraction of sp³-hybridized carbons (Fsp3) is 0.867. The maximum absolute atomic E-state index is 12.0. The summed E-state index contributed by atoms with van der Waals surface area (Å²) in [5.41, 5.74) is -0.592. The molecule has 0 N–H and O–H groups in total. The lowest BCUT2D eigenvalue weighted by atomic mass is 10.2. The molecule has 0 radical (unpaired) electrons. The van der Waals surface area contributed by atoms with E-state index in [4.69, 9.17) is 9.47 Å². The summed E-state index contributed by atoms with van der Waals surface area (Å²) in [6.45, 7) is 10.3. The molecule has 1 aliphatic heterocycles. The molecule has 0 aliphatic carbocycles. The summed E-state index contributed by atoms with van der Waals surface area (Å²) in [7, 11) is -3.55. The minimum absolute atomic E-state index is 0.217. The van der Waals surface area contributed by atoms with Crippen LogP contribution in [0.25, 0.3) is 0 Å². The predicted octanol–water partition coefficient (Wildman–Crippen LogP) is 1.75. The molecule has 0 saturated carbocycles. The Kier molecular flexibility index (Phi) is 6.06. The Morgan fingerprint density at radius 3 is 2.22 bits per heavy atom. The van der Waals surface area contributed by atoms with E-state index < -0.39 is 44.1 Å². The number of carbonyl (C=O) groups is 2. The zero-order valence-corrected chi connectivity index (χ0v) is 15.5. The van der Waals surface area contributed by atoms with Crippen molar-refractivity contribution in [3.63, 3.8) is 0 Å². The minimum Gasteiger partial charge on any atom is -0.459 e. The standard InChI is InChI=1S/C15H27NO6S/c1-10(2)23(19,20)11(3)13(17)21-12-7-8-16(9-12)14(18)22-15(4,5)6/h10-12H,7-9H2,1-6H3/t11-,12+/m1/s1. The SMILES string of the molecule is CC(C)S(=O)(=O)[C@H](C)C(=O)O[C@H]1CCN(C(=O)OC(C)(C)C)C1. The third kappa shape index (κ3) is 5.37. The van der Waals surface area contributed by atoms with E-state index in [1.165, 1.54) is 25.7 Å². The third-order valence-corrected chi connectivity index (χ3v) is 6.05. The Balaban J connectivity index is 2.58. The van der Waals surface area contributed by atoms with Crippen LogP contribution in [0.15, 0.2) is 0 Å². The highest BCUT2D eigenvalue weighted by molar-refractivity contribution is 7.93. The largest absolute Gasteiger partial charge is 0.459 e. The molecule has 0 aromatic rings. The number of amides is 1. The zero-order chi connectivity index (χ0) is 18.0. The maximum Gasteiger partial charge on any atom is 0.410 e. The minimum atomic E-state index is -3.55. The van der Waals surface area contributed by atoms with Crippen LogP contribution in [-0.4, -0.2) is 60.7 Å². The van der Waals surface area contributed by atoms with Gasteiger partial charge < -0.3 is 14.4 Å². The Morgan fingerprint density at radius 2 is 1.74 bits per heavy atom. The quantitative estimate of drug-likeness (QED) is 0.718. The topological polar surface area (TPSA) is 90.0 Å². The molecular formula is C15H27NO6S. The third-order valence-electron chi connectivity index (χ3n) is 3.56. The molecule has 1 fully saturated rings. The lowest BCUT2D eigenvalue weighted by Gasteiger charge is -2.24. The van der Waals surface area contributed by atoms with Crippen molar-refractivity contribution in [1.82, 2.24) is 4.90 Å². The molecule has 134 valence electrons. The van der Waals surface area contributed by atoms with Gasteiger partial charge in [0, 0.05) is 13.0 Å². The van der Waals surface area contributed by atoms with E-state index in [0.29, 0.717) is 13.0 Å². The average molecular weight is 349 g/mol. The Morgan fingerprint density at radius 1 is 1.17 bits per heavy atom. The van der Waals surface area contributed by atoms with Gasteiger partial charge >= 0.3 is 12.1 Å². The Hall–Kier alpha value is -1.31. The number of hydrogen-bond acceptors (Lipinski definition) is 6. The lowest BCUT2D eigenvalue weighted by molar-refractivity contribution is -0.147. The van der Waals surface area contributed by atoms with Crippen LogP contribution in [0.5, 0.6) is 0 Å². The molecule has 8 heteroatoms. The van der Waals surface area contributed by atoms with Crippen molar-refractivity contribution >= 4 is 21.9 Å². The first kappa shape index (κ1) is 19.7. The number of esters is 1. The molecule has 1 rings (SSSR count). The molecule has 1 aliphatic rings. The van der Waals surface area contributed by atoms with Crippen molar-refractivity contribution in [1.29, 1.82) is 0 Å².